The van der Waals surface area contributed by atoms with Crippen LogP contribution in [-0.4, -0.2) is 11.5 Å². The van der Waals surface area contributed by atoms with Gasteiger partial charge in [-0.05, 0) is 18.2 Å². The van der Waals surface area contributed by atoms with Crippen LogP contribution in [0.4, 0.5) is 8.78 Å². The third-order valence-electron chi connectivity index (χ3n) is 2.49. The normalized spacial score (nSPS) is 9.75. The first-order valence-corrected chi connectivity index (χ1v) is 5.90. The van der Waals surface area contributed by atoms with E-state index >= 15 is 0 Å². The van der Waals surface area contributed by atoms with Crippen molar-refractivity contribution in [3.05, 3.63) is 59.4 Å². The Bertz CT molecular complexity index is 642. The molecule has 1 aromatic heterocycles. The van der Waals surface area contributed by atoms with E-state index in [1.54, 1.807) is 12.3 Å². The summed E-state index contributed by atoms with van der Waals surface area (Å²) < 4.78 is 32.2. The largest absolute Gasteiger partial charge is 0.487 e. The fourth-order valence-corrected chi connectivity index (χ4v) is 1.54. The molecule has 20 heavy (non-hydrogen) atoms. The van der Waals surface area contributed by atoms with Crippen molar-refractivity contribution in [1.29, 1.82) is 0 Å². The maximum absolute atomic E-state index is 13.4. The molecule has 1 heterocycles. The maximum Gasteiger partial charge on any atom is 0.139 e. The van der Waals surface area contributed by atoms with E-state index in [1.165, 1.54) is 24.4 Å². The highest BCUT2D eigenvalue weighted by Gasteiger charge is 2.09. The molecule has 0 atom stereocenters. The summed E-state index contributed by atoms with van der Waals surface area (Å²) in [7, 11) is 0. The minimum absolute atomic E-state index is 0.119. The summed E-state index contributed by atoms with van der Waals surface area (Å²) in [5.74, 6) is 4.59. The molecule has 3 nitrogen and oxygen atoms in total. The van der Waals surface area contributed by atoms with Crippen molar-refractivity contribution in [2.24, 2.45) is 5.73 Å². The first kappa shape index (κ1) is 14.0. The number of nitrogens with two attached hydrogens (primary N) is 1. The molecule has 1 aromatic carbocycles. The lowest BCUT2D eigenvalue weighted by Gasteiger charge is -2.07. The van der Waals surface area contributed by atoms with Gasteiger partial charge < -0.3 is 10.5 Å². The average Bonchev–Trinajstić information content (AvgIpc) is 2.45. The van der Waals surface area contributed by atoms with E-state index in [9.17, 15) is 8.78 Å². The minimum Gasteiger partial charge on any atom is -0.487 e. The lowest BCUT2D eigenvalue weighted by atomic mass is 10.2. The highest BCUT2D eigenvalue weighted by molar-refractivity contribution is 5.37. The number of hydrogen-bond donors (Lipinski definition) is 1. The first-order valence-electron chi connectivity index (χ1n) is 5.90. The summed E-state index contributed by atoms with van der Waals surface area (Å²) in [6.45, 7) is 0.0273. The second-order valence-corrected chi connectivity index (χ2v) is 3.90. The van der Waals surface area contributed by atoms with Crippen molar-refractivity contribution in [3.8, 4) is 17.6 Å². The predicted octanol–water partition coefficient (Wildman–Crippen LogP) is 2.25. The van der Waals surface area contributed by atoms with Crippen molar-refractivity contribution < 1.29 is 13.5 Å². The van der Waals surface area contributed by atoms with E-state index in [0.29, 0.717) is 11.3 Å². The standard InChI is InChI=1S/C15H12F2N2O/c16-14-4-1-5-15(17)13(14)10-20-12-7-11(3-2-6-18)8-19-9-12/h1,4-5,7-9H,6,10,18H2. The lowest BCUT2D eigenvalue weighted by Crippen LogP contribution is -2.02. The predicted molar refractivity (Wildman–Crippen MR) is 70.9 cm³/mol. The zero-order chi connectivity index (χ0) is 14.4. The zero-order valence-corrected chi connectivity index (χ0v) is 10.6. The van der Waals surface area contributed by atoms with Gasteiger partial charge in [-0.15, -0.1) is 0 Å². The third kappa shape index (κ3) is 3.53. The van der Waals surface area contributed by atoms with Crippen LogP contribution in [0.3, 0.4) is 0 Å². The number of pyridine rings is 1. The number of nitrogens with zero attached hydrogens (tertiary/aromatic N) is 1. The summed E-state index contributed by atoms with van der Waals surface area (Å²) >= 11 is 0. The third-order valence-corrected chi connectivity index (χ3v) is 2.49. The van der Waals surface area contributed by atoms with Crippen LogP contribution in [-0.2, 0) is 6.61 Å². The SMILES string of the molecule is NCC#Cc1cncc(OCc2c(F)cccc2F)c1. The molecule has 5 heteroatoms. The van der Waals surface area contributed by atoms with Crippen molar-refractivity contribution in [2.45, 2.75) is 6.61 Å². The molecule has 0 unspecified atom stereocenters. The molecule has 0 spiro atoms. The van der Waals surface area contributed by atoms with Crippen LogP contribution in [0.5, 0.6) is 5.75 Å². The summed E-state index contributed by atoms with van der Waals surface area (Å²) in [6, 6.07) is 5.31. The van der Waals surface area contributed by atoms with Gasteiger partial charge in [0.2, 0.25) is 0 Å². The van der Waals surface area contributed by atoms with Gasteiger partial charge in [-0.2, -0.15) is 0 Å². The smallest absolute Gasteiger partial charge is 0.139 e. The van der Waals surface area contributed by atoms with Gasteiger partial charge in [-0.25, -0.2) is 8.78 Å². The molecule has 0 bridgehead atoms. The van der Waals surface area contributed by atoms with E-state index < -0.39 is 11.6 Å². The molecule has 0 radical (unpaired) electrons. The number of aromatic nitrogens is 1. The van der Waals surface area contributed by atoms with Crippen molar-refractivity contribution >= 4 is 0 Å². The Morgan fingerprint density at radius 2 is 1.95 bits per heavy atom. The van der Waals surface area contributed by atoms with Crippen LogP contribution >= 0.6 is 0 Å². The molecule has 2 N–H and O–H groups in total. The number of benzene rings is 1. The maximum atomic E-state index is 13.4. The molecule has 2 aromatic rings. The van der Waals surface area contributed by atoms with Gasteiger partial charge in [0.25, 0.3) is 0 Å². The summed E-state index contributed by atoms with van der Waals surface area (Å²) in [5, 5.41) is 0. The van der Waals surface area contributed by atoms with Gasteiger partial charge >= 0.3 is 0 Å². The Labute approximate surface area is 115 Å². The van der Waals surface area contributed by atoms with Crippen LogP contribution in [0, 0.1) is 23.5 Å². The molecular weight excluding hydrogens is 262 g/mol. The Balaban J connectivity index is 2.11. The highest BCUT2D eigenvalue weighted by atomic mass is 19.1. The molecule has 0 aliphatic heterocycles. The minimum atomic E-state index is -0.642. The van der Waals surface area contributed by atoms with Crippen molar-refractivity contribution in [1.82, 2.24) is 4.98 Å². The molecule has 0 amide bonds. The quantitative estimate of drug-likeness (QED) is 0.873. The van der Waals surface area contributed by atoms with Gasteiger partial charge in [0, 0.05) is 11.8 Å². The molecule has 0 aliphatic carbocycles. The van der Waals surface area contributed by atoms with E-state index in [1.807, 2.05) is 0 Å². The summed E-state index contributed by atoms with van der Waals surface area (Å²) in [4.78, 5) is 3.94. The Morgan fingerprint density at radius 1 is 1.20 bits per heavy atom. The second-order valence-electron chi connectivity index (χ2n) is 3.90. The van der Waals surface area contributed by atoms with Gasteiger partial charge in [0.1, 0.15) is 24.0 Å². The van der Waals surface area contributed by atoms with E-state index in [2.05, 4.69) is 16.8 Å². The molecule has 0 fully saturated rings. The van der Waals surface area contributed by atoms with Gasteiger partial charge in [0.05, 0.1) is 18.3 Å². The molecule has 102 valence electrons. The summed E-state index contributed by atoms with van der Waals surface area (Å²) in [5.41, 5.74) is 5.78. The monoisotopic (exact) mass is 274 g/mol. The number of rotatable bonds is 3. The number of ether oxygens (including phenoxy) is 1. The van der Waals surface area contributed by atoms with Gasteiger partial charge in [0.15, 0.2) is 0 Å². The van der Waals surface area contributed by atoms with Crippen LogP contribution < -0.4 is 10.5 Å². The highest BCUT2D eigenvalue weighted by Crippen LogP contribution is 2.17. The van der Waals surface area contributed by atoms with Crippen molar-refractivity contribution in [3.63, 3.8) is 0 Å². The lowest BCUT2D eigenvalue weighted by molar-refractivity contribution is 0.291. The second kappa shape index (κ2) is 6.64. The fourth-order valence-electron chi connectivity index (χ4n) is 1.54. The zero-order valence-electron chi connectivity index (χ0n) is 10.6. The van der Waals surface area contributed by atoms with Crippen molar-refractivity contribution in [2.75, 3.05) is 6.54 Å². The molecular formula is C15H12F2N2O. The fraction of sp³-hybridized carbons (Fsp3) is 0.133. The Kier molecular flexibility index (Phi) is 4.64. The topological polar surface area (TPSA) is 48.1 Å². The molecule has 0 saturated carbocycles. The number of hydrogen-bond acceptors (Lipinski definition) is 3. The molecule has 0 saturated heterocycles. The van der Waals surface area contributed by atoms with E-state index in [4.69, 9.17) is 10.5 Å². The van der Waals surface area contributed by atoms with Crippen LogP contribution in [0.25, 0.3) is 0 Å². The van der Waals surface area contributed by atoms with Gasteiger partial charge in [-0.3, -0.25) is 4.98 Å². The average molecular weight is 274 g/mol. The van der Waals surface area contributed by atoms with E-state index in [-0.39, 0.29) is 18.7 Å². The summed E-state index contributed by atoms with van der Waals surface area (Å²) in [6.07, 6.45) is 3.01. The van der Waals surface area contributed by atoms with Crippen LogP contribution in [0.1, 0.15) is 11.1 Å². The van der Waals surface area contributed by atoms with Crippen LogP contribution in [0.2, 0.25) is 0 Å². The first-order chi connectivity index (χ1) is 9.70. The van der Waals surface area contributed by atoms with Crippen LogP contribution in [0.15, 0.2) is 36.7 Å². The van der Waals surface area contributed by atoms with Gasteiger partial charge in [-0.1, -0.05) is 17.9 Å². The Morgan fingerprint density at radius 3 is 2.65 bits per heavy atom. The number of halogens is 2. The molecule has 0 aliphatic rings. The molecule has 2 rings (SSSR count). The van der Waals surface area contributed by atoms with E-state index in [0.717, 1.165) is 0 Å². The Hall–Kier alpha value is -2.45.